The van der Waals surface area contributed by atoms with Crippen molar-refractivity contribution in [3.05, 3.63) is 70.6 Å². The Morgan fingerprint density at radius 2 is 2.13 bits per heavy atom. The molecule has 0 saturated carbocycles. The quantitative estimate of drug-likeness (QED) is 0.187. The topological polar surface area (TPSA) is 131 Å². The second-order valence-corrected chi connectivity index (χ2v) is 7.07. The highest BCUT2D eigenvalue weighted by molar-refractivity contribution is 5.97. The SMILES string of the molecule is COCCCN=CC(=CN)C1=CNC2=CC=C(NC(=N)C=C(C=N)C(C)C)NC2=C1. The van der Waals surface area contributed by atoms with Crippen LogP contribution in [0.4, 0.5) is 0 Å². The number of nitrogens with two attached hydrogens (primary N) is 1. The van der Waals surface area contributed by atoms with Gasteiger partial charge in [0, 0.05) is 56.2 Å². The van der Waals surface area contributed by atoms with Gasteiger partial charge in [0.05, 0.1) is 11.4 Å². The minimum absolute atomic E-state index is 0.181. The zero-order chi connectivity index (χ0) is 21.9. The van der Waals surface area contributed by atoms with Crippen LogP contribution >= 0.6 is 0 Å². The van der Waals surface area contributed by atoms with Crippen LogP contribution in [0.5, 0.6) is 0 Å². The van der Waals surface area contributed by atoms with Crippen LogP contribution in [-0.4, -0.2) is 38.5 Å². The first-order valence-electron chi connectivity index (χ1n) is 9.85. The summed E-state index contributed by atoms with van der Waals surface area (Å²) >= 11 is 0. The average Bonchev–Trinajstić information content (AvgIpc) is 2.74. The molecule has 0 aromatic heterocycles. The van der Waals surface area contributed by atoms with Gasteiger partial charge in [0.2, 0.25) is 0 Å². The van der Waals surface area contributed by atoms with Gasteiger partial charge in [0.1, 0.15) is 11.7 Å². The van der Waals surface area contributed by atoms with Gasteiger partial charge in [-0.05, 0) is 42.2 Å². The normalized spacial score (nSPS) is 16.7. The number of aliphatic imine (C=N–C) groups is 1. The Bertz CT molecular complexity index is 870. The van der Waals surface area contributed by atoms with Gasteiger partial charge < -0.3 is 31.8 Å². The summed E-state index contributed by atoms with van der Waals surface area (Å²) in [5.74, 6) is 1.07. The summed E-state index contributed by atoms with van der Waals surface area (Å²) in [6, 6.07) is 0. The molecule has 2 aliphatic rings. The maximum Gasteiger partial charge on any atom is 0.123 e. The van der Waals surface area contributed by atoms with E-state index in [1.165, 1.54) is 12.4 Å². The molecule has 0 amide bonds. The molecule has 0 saturated heterocycles. The molecule has 7 N–H and O–H groups in total. The third-order valence-electron chi connectivity index (χ3n) is 4.45. The van der Waals surface area contributed by atoms with E-state index in [2.05, 4.69) is 20.9 Å². The molecule has 2 rings (SSSR count). The van der Waals surface area contributed by atoms with Crippen molar-refractivity contribution in [3.63, 3.8) is 0 Å². The largest absolute Gasteiger partial charge is 0.404 e. The van der Waals surface area contributed by atoms with Crippen molar-refractivity contribution < 1.29 is 4.74 Å². The molecule has 0 atom stereocenters. The van der Waals surface area contributed by atoms with E-state index in [9.17, 15) is 0 Å². The lowest BCUT2D eigenvalue weighted by molar-refractivity contribution is 0.197. The smallest absolute Gasteiger partial charge is 0.123 e. The lowest BCUT2D eigenvalue weighted by atomic mass is 10.0. The maximum atomic E-state index is 8.16. The standard InChI is InChI=1S/C22H31N7O/c1-15(2)16(11-23)10-21(25)29-22-6-5-19-20(28-22)9-17(14-27-19)18(12-24)13-26-7-4-8-30-3/h5-6,9-15,23,27-28H,4,7-8,24H2,1-3H3,(H2,25,29). The third kappa shape index (κ3) is 6.59. The molecular formula is C22H31N7O. The lowest BCUT2D eigenvalue weighted by Crippen LogP contribution is -2.34. The lowest BCUT2D eigenvalue weighted by Gasteiger charge is -2.25. The Morgan fingerprint density at radius 3 is 2.80 bits per heavy atom. The van der Waals surface area contributed by atoms with E-state index in [1.807, 2.05) is 38.3 Å². The zero-order valence-electron chi connectivity index (χ0n) is 17.8. The number of nitrogens with one attached hydrogen (secondary N) is 5. The first-order valence-corrected chi connectivity index (χ1v) is 9.85. The van der Waals surface area contributed by atoms with Crippen molar-refractivity contribution in [2.24, 2.45) is 16.6 Å². The van der Waals surface area contributed by atoms with Crippen molar-refractivity contribution in [2.45, 2.75) is 20.3 Å². The summed E-state index contributed by atoms with van der Waals surface area (Å²) in [4.78, 5) is 4.40. The van der Waals surface area contributed by atoms with E-state index in [0.29, 0.717) is 19.0 Å². The molecule has 8 heteroatoms. The number of amidine groups is 1. The molecule has 0 fully saturated rings. The van der Waals surface area contributed by atoms with Crippen molar-refractivity contribution in [1.82, 2.24) is 16.0 Å². The fourth-order valence-corrected chi connectivity index (χ4v) is 2.74. The van der Waals surface area contributed by atoms with Crippen molar-refractivity contribution >= 4 is 18.3 Å². The summed E-state index contributed by atoms with van der Waals surface area (Å²) in [5.41, 5.74) is 10.1. The first kappa shape index (κ1) is 22.9. The number of dihydropyridines is 2. The van der Waals surface area contributed by atoms with Gasteiger partial charge in [-0.1, -0.05) is 13.8 Å². The van der Waals surface area contributed by atoms with E-state index >= 15 is 0 Å². The molecular weight excluding hydrogens is 378 g/mol. The summed E-state index contributed by atoms with van der Waals surface area (Å²) in [5, 5.41) is 25.2. The monoisotopic (exact) mass is 409 g/mol. The summed E-state index contributed by atoms with van der Waals surface area (Å²) in [6.07, 6.45) is 14.7. The Morgan fingerprint density at radius 1 is 1.33 bits per heavy atom. The molecule has 2 heterocycles. The predicted octanol–water partition coefficient (Wildman–Crippen LogP) is 2.43. The number of methoxy groups -OCH3 is 1. The van der Waals surface area contributed by atoms with E-state index in [0.717, 1.165) is 34.5 Å². The number of ether oxygens (including phenoxy) is 1. The Hall–Kier alpha value is -3.39. The molecule has 0 bridgehead atoms. The average molecular weight is 410 g/mol. The number of rotatable bonds is 10. The minimum atomic E-state index is 0.181. The van der Waals surface area contributed by atoms with Crippen LogP contribution in [-0.2, 0) is 4.74 Å². The molecule has 0 aliphatic carbocycles. The minimum Gasteiger partial charge on any atom is -0.404 e. The van der Waals surface area contributed by atoms with Gasteiger partial charge in [-0.15, -0.1) is 0 Å². The van der Waals surface area contributed by atoms with Crippen LogP contribution in [0.3, 0.4) is 0 Å². The highest BCUT2D eigenvalue weighted by Crippen LogP contribution is 2.21. The number of hydrogen-bond acceptors (Lipinski definition) is 7. The van der Waals surface area contributed by atoms with Crippen LogP contribution in [0.25, 0.3) is 0 Å². The van der Waals surface area contributed by atoms with Crippen LogP contribution in [0.1, 0.15) is 20.3 Å². The molecule has 8 nitrogen and oxygen atoms in total. The van der Waals surface area contributed by atoms with E-state index in [-0.39, 0.29) is 11.8 Å². The predicted molar refractivity (Wildman–Crippen MR) is 123 cm³/mol. The summed E-state index contributed by atoms with van der Waals surface area (Å²) < 4.78 is 5.03. The molecule has 160 valence electrons. The van der Waals surface area contributed by atoms with Crippen LogP contribution < -0.4 is 21.7 Å². The number of hydrogen-bond donors (Lipinski definition) is 6. The number of allylic oxidation sites excluding steroid dienone is 6. The van der Waals surface area contributed by atoms with Gasteiger partial charge in [-0.25, -0.2) is 0 Å². The third-order valence-corrected chi connectivity index (χ3v) is 4.45. The van der Waals surface area contributed by atoms with Gasteiger partial charge in [-0.3, -0.25) is 10.4 Å². The fourth-order valence-electron chi connectivity index (χ4n) is 2.74. The zero-order valence-corrected chi connectivity index (χ0v) is 17.8. The molecule has 0 radical (unpaired) electrons. The van der Waals surface area contributed by atoms with Crippen LogP contribution in [0.15, 0.2) is 75.6 Å². The highest BCUT2D eigenvalue weighted by Gasteiger charge is 2.17. The summed E-state index contributed by atoms with van der Waals surface area (Å²) in [7, 11) is 1.67. The van der Waals surface area contributed by atoms with E-state index in [4.69, 9.17) is 21.3 Å². The molecule has 30 heavy (non-hydrogen) atoms. The highest BCUT2D eigenvalue weighted by atomic mass is 16.5. The molecule has 2 aliphatic heterocycles. The second-order valence-electron chi connectivity index (χ2n) is 7.07. The van der Waals surface area contributed by atoms with Crippen molar-refractivity contribution in [3.8, 4) is 0 Å². The van der Waals surface area contributed by atoms with E-state index in [1.54, 1.807) is 19.4 Å². The van der Waals surface area contributed by atoms with Gasteiger partial charge in [-0.2, -0.15) is 0 Å². The van der Waals surface area contributed by atoms with Gasteiger partial charge in [0.15, 0.2) is 0 Å². The van der Waals surface area contributed by atoms with Crippen LogP contribution in [0, 0.1) is 16.7 Å². The second kappa shape index (κ2) is 11.6. The Balaban J connectivity index is 2.05. The Kier molecular flexibility index (Phi) is 8.83. The Labute approximate surface area is 178 Å². The molecule has 0 aromatic carbocycles. The van der Waals surface area contributed by atoms with Gasteiger partial charge >= 0.3 is 0 Å². The first-order chi connectivity index (χ1) is 14.5. The number of fused-ring (bicyclic) bond motifs is 1. The summed E-state index contributed by atoms with van der Waals surface area (Å²) in [6.45, 7) is 5.34. The molecule has 0 unspecified atom stereocenters. The molecule has 0 aromatic rings. The fraction of sp³-hybridized carbons (Fsp3) is 0.318. The van der Waals surface area contributed by atoms with Crippen molar-refractivity contribution in [2.75, 3.05) is 20.3 Å². The molecule has 0 spiro atoms. The van der Waals surface area contributed by atoms with E-state index < -0.39 is 0 Å². The van der Waals surface area contributed by atoms with Crippen LogP contribution in [0.2, 0.25) is 0 Å². The van der Waals surface area contributed by atoms with Crippen molar-refractivity contribution in [1.29, 1.82) is 10.8 Å². The van der Waals surface area contributed by atoms with Gasteiger partial charge in [0.25, 0.3) is 0 Å². The number of nitrogens with zero attached hydrogens (tertiary/aromatic N) is 1. The maximum absolute atomic E-state index is 8.16.